The SMILES string of the molecule is CC(C)OC1N(C(C)C)CCCC1(C)C. The van der Waals surface area contributed by atoms with Gasteiger partial charge in [0.05, 0.1) is 6.10 Å². The van der Waals surface area contributed by atoms with Gasteiger partial charge < -0.3 is 4.74 Å². The lowest BCUT2D eigenvalue weighted by Gasteiger charge is -2.48. The van der Waals surface area contributed by atoms with Crippen LogP contribution in [-0.4, -0.2) is 29.8 Å². The Balaban J connectivity index is 2.77. The lowest BCUT2D eigenvalue weighted by molar-refractivity contribution is -0.175. The molecule has 1 heterocycles. The van der Waals surface area contributed by atoms with E-state index in [4.69, 9.17) is 4.74 Å². The fourth-order valence-electron chi connectivity index (χ4n) is 2.46. The molecule has 1 atom stereocenters. The Kier molecular flexibility index (Phi) is 4.19. The van der Waals surface area contributed by atoms with E-state index in [1.165, 1.54) is 19.4 Å². The van der Waals surface area contributed by atoms with Gasteiger partial charge in [0.2, 0.25) is 0 Å². The predicted molar refractivity (Wildman–Crippen MR) is 64.9 cm³/mol. The smallest absolute Gasteiger partial charge is 0.116 e. The Morgan fingerprint density at radius 1 is 1.20 bits per heavy atom. The second kappa shape index (κ2) is 4.84. The summed E-state index contributed by atoms with van der Waals surface area (Å²) in [6.45, 7) is 14.6. The molecule has 0 saturated carbocycles. The van der Waals surface area contributed by atoms with Gasteiger partial charge in [0.15, 0.2) is 0 Å². The van der Waals surface area contributed by atoms with E-state index in [1.807, 2.05) is 0 Å². The molecule has 1 aliphatic rings. The van der Waals surface area contributed by atoms with Crippen LogP contribution in [0.2, 0.25) is 0 Å². The number of hydrogen-bond donors (Lipinski definition) is 0. The summed E-state index contributed by atoms with van der Waals surface area (Å²) in [6, 6.07) is 0.577. The zero-order valence-electron chi connectivity index (χ0n) is 11.2. The highest BCUT2D eigenvalue weighted by Crippen LogP contribution is 2.37. The van der Waals surface area contributed by atoms with Crippen LogP contribution < -0.4 is 0 Å². The number of likely N-dealkylation sites (tertiary alicyclic amines) is 1. The van der Waals surface area contributed by atoms with Gasteiger partial charge in [-0.15, -0.1) is 0 Å². The van der Waals surface area contributed by atoms with Gasteiger partial charge in [-0.2, -0.15) is 0 Å². The fourth-order valence-corrected chi connectivity index (χ4v) is 2.46. The summed E-state index contributed by atoms with van der Waals surface area (Å²) in [5.41, 5.74) is 0.285. The Hall–Kier alpha value is -0.0800. The Morgan fingerprint density at radius 2 is 1.80 bits per heavy atom. The van der Waals surface area contributed by atoms with E-state index < -0.39 is 0 Å². The van der Waals surface area contributed by atoms with E-state index in [2.05, 4.69) is 46.4 Å². The van der Waals surface area contributed by atoms with Crippen molar-refractivity contribution >= 4 is 0 Å². The van der Waals surface area contributed by atoms with E-state index in [1.54, 1.807) is 0 Å². The molecule has 0 aromatic heterocycles. The maximum atomic E-state index is 6.11. The number of rotatable bonds is 3. The molecule has 0 N–H and O–H groups in total. The highest BCUT2D eigenvalue weighted by Gasteiger charge is 2.39. The fraction of sp³-hybridized carbons (Fsp3) is 1.00. The summed E-state index contributed by atoms with van der Waals surface area (Å²) in [5.74, 6) is 0. The van der Waals surface area contributed by atoms with Crippen LogP contribution in [0.25, 0.3) is 0 Å². The molecule has 1 rings (SSSR count). The predicted octanol–water partition coefficient (Wildman–Crippen LogP) is 3.27. The number of hydrogen-bond acceptors (Lipinski definition) is 2. The van der Waals surface area contributed by atoms with Crippen LogP contribution in [0.15, 0.2) is 0 Å². The molecular formula is C13H27NO. The molecule has 2 heteroatoms. The van der Waals surface area contributed by atoms with Crippen LogP contribution >= 0.6 is 0 Å². The van der Waals surface area contributed by atoms with Crippen molar-refractivity contribution in [1.82, 2.24) is 4.90 Å². The maximum absolute atomic E-state index is 6.11. The average molecular weight is 213 g/mol. The molecule has 0 amide bonds. The molecular weight excluding hydrogens is 186 g/mol. The first kappa shape index (κ1) is 13.0. The van der Waals surface area contributed by atoms with Crippen molar-refractivity contribution in [2.45, 2.75) is 72.8 Å². The monoisotopic (exact) mass is 213 g/mol. The normalized spacial score (nSPS) is 27.6. The first-order valence-corrected chi connectivity index (χ1v) is 6.26. The summed E-state index contributed by atoms with van der Waals surface area (Å²) >= 11 is 0. The molecule has 0 aliphatic carbocycles. The molecule has 2 nitrogen and oxygen atoms in total. The molecule has 1 fully saturated rings. The van der Waals surface area contributed by atoms with Gasteiger partial charge in [-0.05, 0) is 40.5 Å². The third-order valence-corrected chi connectivity index (χ3v) is 3.27. The van der Waals surface area contributed by atoms with Crippen molar-refractivity contribution in [3.63, 3.8) is 0 Å². The summed E-state index contributed by atoms with van der Waals surface area (Å²) in [5, 5.41) is 0. The third-order valence-electron chi connectivity index (χ3n) is 3.27. The minimum Gasteiger partial charge on any atom is -0.360 e. The molecule has 1 unspecified atom stereocenters. The number of nitrogens with zero attached hydrogens (tertiary/aromatic N) is 1. The molecule has 0 aromatic rings. The largest absolute Gasteiger partial charge is 0.360 e. The summed E-state index contributed by atoms with van der Waals surface area (Å²) < 4.78 is 6.11. The second-order valence-electron chi connectivity index (χ2n) is 5.96. The molecule has 0 bridgehead atoms. The quantitative estimate of drug-likeness (QED) is 0.713. The van der Waals surface area contributed by atoms with Gasteiger partial charge in [0.25, 0.3) is 0 Å². The van der Waals surface area contributed by atoms with Crippen LogP contribution in [0.4, 0.5) is 0 Å². The van der Waals surface area contributed by atoms with Crippen LogP contribution in [-0.2, 0) is 4.74 Å². The van der Waals surface area contributed by atoms with Crippen molar-refractivity contribution < 1.29 is 4.74 Å². The van der Waals surface area contributed by atoms with E-state index >= 15 is 0 Å². The van der Waals surface area contributed by atoms with E-state index in [9.17, 15) is 0 Å². The van der Waals surface area contributed by atoms with Gasteiger partial charge in [-0.1, -0.05) is 13.8 Å². The third kappa shape index (κ3) is 3.18. The molecule has 0 spiro atoms. The summed E-state index contributed by atoms with van der Waals surface area (Å²) in [6.07, 6.45) is 3.16. The standard InChI is InChI=1S/C13H27NO/c1-10(2)14-9-7-8-13(5,6)12(14)15-11(3)4/h10-12H,7-9H2,1-6H3. The van der Waals surface area contributed by atoms with Crippen LogP contribution in [0.1, 0.15) is 54.4 Å². The Bertz CT molecular complexity index is 199. The lowest BCUT2D eigenvalue weighted by atomic mass is 9.81. The van der Waals surface area contributed by atoms with Crippen LogP contribution in [0.3, 0.4) is 0 Å². The van der Waals surface area contributed by atoms with E-state index in [0.717, 1.165) is 0 Å². The Morgan fingerprint density at radius 3 is 2.27 bits per heavy atom. The zero-order chi connectivity index (χ0) is 11.6. The van der Waals surface area contributed by atoms with Crippen LogP contribution in [0, 0.1) is 5.41 Å². The van der Waals surface area contributed by atoms with Gasteiger partial charge in [-0.3, -0.25) is 4.90 Å². The zero-order valence-corrected chi connectivity index (χ0v) is 11.2. The minimum atomic E-state index is 0.284. The summed E-state index contributed by atoms with van der Waals surface area (Å²) in [7, 11) is 0. The molecule has 0 aromatic carbocycles. The van der Waals surface area contributed by atoms with E-state index in [0.29, 0.717) is 12.1 Å². The minimum absolute atomic E-state index is 0.284. The highest BCUT2D eigenvalue weighted by atomic mass is 16.5. The van der Waals surface area contributed by atoms with Crippen molar-refractivity contribution in [2.24, 2.45) is 5.41 Å². The summed E-state index contributed by atoms with van der Waals surface area (Å²) in [4.78, 5) is 2.50. The highest BCUT2D eigenvalue weighted by molar-refractivity contribution is 4.86. The van der Waals surface area contributed by atoms with Crippen molar-refractivity contribution in [2.75, 3.05) is 6.54 Å². The van der Waals surface area contributed by atoms with Gasteiger partial charge in [0, 0.05) is 18.0 Å². The van der Waals surface area contributed by atoms with Crippen molar-refractivity contribution in [3.8, 4) is 0 Å². The van der Waals surface area contributed by atoms with Crippen molar-refractivity contribution in [1.29, 1.82) is 0 Å². The van der Waals surface area contributed by atoms with Gasteiger partial charge >= 0.3 is 0 Å². The average Bonchev–Trinajstić information content (AvgIpc) is 2.07. The first-order valence-electron chi connectivity index (χ1n) is 6.26. The number of ether oxygens (including phenoxy) is 1. The second-order valence-corrected chi connectivity index (χ2v) is 5.96. The molecule has 15 heavy (non-hydrogen) atoms. The maximum Gasteiger partial charge on any atom is 0.116 e. The Labute approximate surface area is 95.0 Å². The van der Waals surface area contributed by atoms with Gasteiger partial charge in [0.1, 0.15) is 6.23 Å². The molecule has 90 valence electrons. The topological polar surface area (TPSA) is 12.5 Å². The first-order chi connectivity index (χ1) is 6.84. The van der Waals surface area contributed by atoms with Crippen LogP contribution in [0.5, 0.6) is 0 Å². The van der Waals surface area contributed by atoms with Crippen molar-refractivity contribution in [3.05, 3.63) is 0 Å². The van der Waals surface area contributed by atoms with Gasteiger partial charge in [-0.25, -0.2) is 0 Å². The molecule has 1 aliphatic heterocycles. The number of piperidine rings is 1. The lowest BCUT2D eigenvalue weighted by Crippen LogP contribution is -2.54. The van der Waals surface area contributed by atoms with E-state index in [-0.39, 0.29) is 11.6 Å². The molecule has 1 saturated heterocycles. The molecule has 0 radical (unpaired) electrons.